The first-order valence-corrected chi connectivity index (χ1v) is 9.64. The lowest BCUT2D eigenvalue weighted by Gasteiger charge is -2.23. The van der Waals surface area contributed by atoms with Crippen LogP contribution in [0.15, 0.2) is 47.1 Å². The van der Waals surface area contributed by atoms with Gasteiger partial charge in [0.1, 0.15) is 11.4 Å². The summed E-state index contributed by atoms with van der Waals surface area (Å²) < 4.78 is 7.24. The van der Waals surface area contributed by atoms with Gasteiger partial charge in [-0.05, 0) is 50.5 Å². The first-order chi connectivity index (χ1) is 13.1. The second-order valence-electron chi connectivity index (χ2n) is 7.40. The Kier molecular flexibility index (Phi) is 4.84. The summed E-state index contributed by atoms with van der Waals surface area (Å²) in [7, 11) is 0. The molecule has 27 heavy (non-hydrogen) atoms. The van der Waals surface area contributed by atoms with E-state index in [1.807, 2.05) is 37.3 Å². The van der Waals surface area contributed by atoms with Crippen molar-refractivity contribution < 1.29 is 9.21 Å². The van der Waals surface area contributed by atoms with E-state index in [0.717, 1.165) is 24.1 Å². The number of nitrogens with one attached hydrogen (secondary N) is 1. The van der Waals surface area contributed by atoms with Crippen LogP contribution in [0.25, 0.3) is 17.1 Å². The van der Waals surface area contributed by atoms with Crippen molar-refractivity contribution in [2.24, 2.45) is 0 Å². The maximum atomic E-state index is 13.1. The highest BCUT2D eigenvalue weighted by atomic mass is 16.3. The van der Waals surface area contributed by atoms with Gasteiger partial charge < -0.3 is 9.73 Å². The molecule has 2 aromatic heterocycles. The highest BCUT2D eigenvalue weighted by Crippen LogP contribution is 2.25. The predicted molar refractivity (Wildman–Crippen MR) is 105 cm³/mol. The second-order valence-corrected chi connectivity index (χ2v) is 7.40. The van der Waals surface area contributed by atoms with Gasteiger partial charge in [0, 0.05) is 12.1 Å². The van der Waals surface area contributed by atoms with Crippen molar-refractivity contribution >= 4 is 5.91 Å². The summed E-state index contributed by atoms with van der Waals surface area (Å²) in [5, 5.41) is 7.89. The molecule has 0 saturated heterocycles. The fourth-order valence-electron chi connectivity index (χ4n) is 3.82. The largest absolute Gasteiger partial charge is 0.463 e. The summed E-state index contributed by atoms with van der Waals surface area (Å²) in [5.74, 6) is 0.581. The molecule has 0 aliphatic heterocycles. The number of aryl methyl sites for hydroxylation is 2. The first kappa shape index (κ1) is 17.6. The Hall–Kier alpha value is -2.82. The maximum Gasteiger partial charge on any atom is 0.270 e. The molecule has 1 aromatic carbocycles. The molecule has 5 nitrogen and oxygen atoms in total. The molecular formula is C22H25N3O2. The molecule has 1 saturated carbocycles. The lowest BCUT2D eigenvalue weighted by molar-refractivity contribution is 0.0920. The molecule has 1 fully saturated rings. The molecule has 1 aliphatic rings. The zero-order valence-electron chi connectivity index (χ0n) is 15.9. The monoisotopic (exact) mass is 363 g/mol. The highest BCUT2D eigenvalue weighted by Gasteiger charge is 2.23. The zero-order chi connectivity index (χ0) is 18.8. The van der Waals surface area contributed by atoms with Crippen LogP contribution >= 0.6 is 0 Å². The fourth-order valence-corrected chi connectivity index (χ4v) is 3.82. The van der Waals surface area contributed by atoms with Crippen LogP contribution in [0.5, 0.6) is 0 Å². The third kappa shape index (κ3) is 3.68. The summed E-state index contributed by atoms with van der Waals surface area (Å²) in [6.07, 6.45) is 7.34. The molecule has 1 amide bonds. The van der Waals surface area contributed by atoms with Crippen LogP contribution in [-0.2, 0) is 0 Å². The second kappa shape index (κ2) is 7.43. The van der Waals surface area contributed by atoms with Crippen molar-refractivity contribution in [2.75, 3.05) is 0 Å². The van der Waals surface area contributed by atoms with Crippen molar-refractivity contribution in [2.45, 2.75) is 52.0 Å². The summed E-state index contributed by atoms with van der Waals surface area (Å²) in [6.45, 7) is 4.10. The van der Waals surface area contributed by atoms with Crippen molar-refractivity contribution in [3.63, 3.8) is 0 Å². The summed E-state index contributed by atoms with van der Waals surface area (Å²) in [4.78, 5) is 13.1. The third-order valence-corrected chi connectivity index (χ3v) is 5.24. The molecule has 140 valence electrons. The molecule has 5 heteroatoms. The van der Waals surface area contributed by atoms with E-state index in [0.29, 0.717) is 17.1 Å². The van der Waals surface area contributed by atoms with E-state index in [9.17, 15) is 4.79 Å². The number of benzene rings is 1. The number of nitrogens with zero attached hydrogens (tertiary/aromatic N) is 2. The Balaban J connectivity index is 1.73. The summed E-state index contributed by atoms with van der Waals surface area (Å²) in [6, 6.07) is 11.9. The molecule has 0 spiro atoms. The van der Waals surface area contributed by atoms with Crippen LogP contribution < -0.4 is 5.32 Å². The number of hydrogen-bond donors (Lipinski definition) is 1. The Morgan fingerprint density at radius 1 is 1.15 bits per heavy atom. The molecule has 4 rings (SSSR count). The molecule has 0 unspecified atom stereocenters. The average Bonchev–Trinajstić information content (AvgIpc) is 3.32. The predicted octanol–water partition coefficient (Wildman–Crippen LogP) is 4.81. The molecule has 1 N–H and O–H groups in total. The van der Waals surface area contributed by atoms with Crippen molar-refractivity contribution in [3.05, 3.63) is 59.5 Å². The van der Waals surface area contributed by atoms with Crippen LogP contribution in [0.3, 0.4) is 0 Å². The number of furan rings is 1. The highest BCUT2D eigenvalue weighted by molar-refractivity contribution is 5.94. The van der Waals surface area contributed by atoms with Gasteiger partial charge in [-0.3, -0.25) is 4.79 Å². The molecule has 0 radical (unpaired) electrons. The summed E-state index contributed by atoms with van der Waals surface area (Å²) in [5.41, 5.74) is 4.37. The molecule has 0 atom stereocenters. The van der Waals surface area contributed by atoms with E-state index in [1.165, 1.54) is 24.8 Å². The van der Waals surface area contributed by atoms with Crippen molar-refractivity contribution in [1.29, 1.82) is 0 Å². The number of aromatic nitrogens is 2. The van der Waals surface area contributed by atoms with Gasteiger partial charge in [0.15, 0.2) is 5.76 Å². The Bertz CT molecular complexity index is 935. The Morgan fingerprint density at radius 3 is 2.67 bits per heavy atom. The minimum atomic E-state index is -0.0767. The van der Waals surface area contributed by atoms with Crippen molar-refractivity contribution in [1.82, 2.24) is 15.1 Å². The van der Waals surface area contributed by atoms with E-state index in [1.54, 1.807) is 10.9 Å². The number of rotatable bonds is 4. The van der Waals surface area contributed by atoms with Crippen LogP contribution in [0.1, 0.15) is 53.7 Å². The number of amides is 1. The first-order valence-electron chi connectivity index (χ1n) is 9.64. The Morgan fingerprint density at radius 2 is 1.96 bits per heavy atom. The van der Waals surface area contributed by atoms with E-state index >= 15 is 0 Å². The van der Waals surface area contributed by atoms with Gasteiger partial charge >= 0.3 is 0 Å². The molecule has 3 aromatic rings. The van der Waals surface area contributed by atoms with Gasteiger partial charge in [-0.2, -0.15) is 5.10 Å². The van der Waals surface area contributed by atoms with Crippen LogP contribution in [0.2, 0.25) is 0 Å². The number of hydrogen-bond acceptors (Lipinski definition) is 3. The van der Waals surface area contributed by atoms with Gasteiger partial charge in [-0.1, -0.05) is 37.0 Å². The lowest BCUT2D eigenvalue weighted by Crippen LogP contribution is -2.37. The quantitative estimate of drug-likeness (QED) is 0.723. The smallest absolute Gasteiger partial charge is 0.270 e. The van der Waals surface area contributed by atoms with Crippen LogP contribution in [0, 0.1) is 13.8 Å². The fraction of sp³-hybridized carbons (Fsp3) is 0.364. The summed E-state index contributed by atoms with van der Waals surface area (Å²) >= 11 is 0. The van der Waals surface area contributed by atoms with Crippen LogP contribution in [0.4, 0.5) is 0 Å². The molecule has 2 heterocycles. The van der Waals surface area contributed by atoms with E-state index < -0.39 is 0 Å². The number of carbonyl (C=O) groups is 1. The van der Waals surface area contributed by atoms with Crippen LogP contribution in [-0.4, -0.2) is 21.7 Å². The van der Waals surface area contributed by atoms with Gasteiger partial charge in [0.25, 0.3) is 5.91 Å². The van der Waals surface area contributed by atoms with Gasteiger partial charge in [-0.25, -0.2) is 4.68 Å². The molecular weight excluding hydrogens is 338 g/mol. The van der Waals surface area contributed by atoms with Gasteiger partial charge in [-0.15, -0.1) is 0 Å². The van der Waals surface area contributed by atoms with Gasteiger partial charge in [0.05, 0.1) is 12.0 Å². The van der Waals surface area contributed by atoms with E-state index in [4.69, 9.17) is 4.42 Å². The van der Waals surface area contributed by atoms with E-state index in [-0.39, 0.29) is 11.9 Å². The van der Waals surface area contributed by atoms with Crippen molar-refractivity contribution in [3.8, 4) is 17.1 Å². The SMILES string of the molecule is Cc1ccc(-n2nc(-c3ccco3)cc2C(=O)NC2CCCCC2)c(C)c1. The van der Waals surface area contributed by atoms with E-state index in [2.05, 4.69) is 23.4 Å². The maximum absolute atomic E-state index is 13.1. The van der Waals surface area contributed by atoms with Gasteiger partial charge in [0.2, 0.25) is 0 Å². The molecule has 1 aliphatic carbocycles. The topological polar surface area (TPSA) is 60.1 Å². The average molecular weight is 363 g/mol. The number of carbonyl (C=O) groups excluding carboxylic acids is 1. The molecule has 0 bridgehead atoms. The zero-order valence-corrected chi connectivity index (χ0v) is 15.9. The minimum Gasteiger partial charge on any atom is -0.463 e. The lowest BCUT2D eigenvalue weighted by atomic mass is 9.95. The normalized spacial score (nSPS) is 15.0. The third-order valence-electron chi connectivity index (χ3n) is 5.24. The standard InChI is InChI=1S/C22H25N3O2/c1-15-10-11-19(16(2)13-15)25-20(14-18(24-25)21-9-6-12-27-21)22(26)23-17-7-4-3-5-8-17/h6,9-14,17H,3-5,7-8H2,1-2H3,(H,23,26). The Labute approximate surface area is 159 Å². The minimum absolute atomic E-state index is 0.0767.